The lowest BCUT2D eigenvalue weighted by Crippen LogP contribution is -2.58. The highest BCUT2D eigenvalue weighted by Crippen LogP contribution is 2.55. The largest absolute Gasteiger partial charge is 0.392 e. The van der Waals surface area contributed by atoms with Gasteiger partial charge < -0.3 is 10.4 Å². The van der Waals surface area contributed by atoms with Crippen molar-refractivity contribution in [3.05, 3.63) is 0 Å². The minimum atomic E-state index is -3.28. The molecule has 0 aliphatic heterocycles. The molecule has 0 aromatic carbocycles. The van der Waals surface area contributed by atoms with Gasteiger partial charge in [0.15, 0.2) is 0 Å². The van der Waals surface area contributed by atoms with Crippen molar-refractivity contribution in [2.24, 2.45) is 29.1 Å². The smallest absolute Gasteiger partial charge is 0.223 e. The van der Waals surface area contributed by atoms with Gasteiger partial charge in [-0.2, -0.15) is 0 Å². The molecule has 3 rings (SSSR count). The summed E-state index contributed by atoms with van der Waals surface area (Å²) in [5, 5.41) is 14.3. The van der Waals surface area contributed by atoms with E-state index in [1.54, 1.807) is 0 Å². The van der Waals surface area contributed by atoms with Gasteiger partial charge in [-0.15, -0.1) is 0 Å². The van der Waals surface area contributed by atoms with Gasteiger partial charge in [-0.3, -0.25) is 4.79 Å². The molecule has 3 saturated carbocycles. The summed E-state index contributed by atoms with van der Waals surface area (Å²) >= 11 is 0. The van der Waals surface area contributed by atoms with E-state index in [-0.39, 0.29) is 41.0 Å². The number of fused-ring (bicyclic) bond motifs is 1. The van der Waals surface area contributed by atoms with Crippen molar-refractivity contribution in [2.75, 3.05) is 6.26 Å². The molecule has 0 aromatic heterocycles. The molecular formula is C19H34N2O4S. The molecule has 0 heterocycles. The van der Waals surface area contributed by atoms with E-state index < -0.39 is 16.1 Å². The number of aliphatic hydroxyl groups excluding tert-OH is 1. The third-order valence-electron chi connectivity index (χ3n) is 7.23. The van der Waals surface area contributed by atoms with Gasteiger partial charge >= 0.3 is 0 Å². The summed E-state index contributed by atoms with van der Waals surface area (Å²) in [4.78, 5) is 12.5. The number of rotatable bonds is 5. The Labute approximate surface area is 157 Å². The molecule has 0 spiro atoms. The van der Waals surface area contributed by atoms with E-state index in [1.165, 1.54) is 6.26 Å². The van der Waals surface area contributed by atoms with Crippen molar-refractivity contribution < 1.29 is 18.3 Å². The van der Waals surface area contributed by atoms with Crippen LogP contribution in [0.2, 0.25) is 0 Å². The molecule has 0 saturated heterocycles. The normalized spacial score (nSPS) is 42.0. The molecule has 3 N–H and O–H groups in total. The second-order valence-electron chi connectivity index (χ2n) is 9.34. The quantitative estimate of drug-likeness (QED) is 0.669. The number of sulfonamides is 1. The highest BCUT2D eigenvalue weighted by atomic mass is 32.2. The maximum atomic E-state index is 12.5. The summed E-state index contributed by atoms with van der Waals surface area (Å²) in [6.07, 6.45) is 6.27. The van der Waals surface area contributed by atoms with Crippen LogP contribution in [-0.4, -0.2) is 43.9 Å². The predicted octanol–water partition coefficient (Wildman–Crippen LogP) is 1.64. The van der Waals surface area contributed by atoms with Crippen molar-refractivity contribution in [1.29, 1.82) is 0 Å². The SMILES string of the molecule is CC(C(=O)NC1CC1)C1CCC2(C)CCC(NS(C)(=O)=O)C(C)C2C1O. The molecule has 0 bridgehead atoms. The molecule has 7 heteroatoms. The molecule has 6 nitrogen and oxygen atoms in total. The first-order valence-electron chi connectivity index (χ1n) is 9.97. The fourth-order valence-electron chi connectivity index (χ4n) is 5.49. The Bertz CT molecular complexity index is 648. The second-order valence-corrected chi connectivity index (χ2v) is 11.1. The number of carbonyl (C=O) groups excluding carboxylic acids is 1. The van der Waals surface area contributed by atoms with Crippen LogP contribution in [0.4, 0.5) is 0 Å². The van der Waals surface area contributed by atoms with Crippen LogP contribution in [0.1, 0.15) is 59.3 Å². The van der Waals surface area contributed by atoms with Crippen LogP contribution in [0.15, 0.2) is 0 Å². The molecule has 0 radical (unpaired) electrons. The van der Waals surface area contributed by atoms with E-state index in [2.05, 4.69) is 17.0 Å². The number of hydrogen-bond donors (Lipinski definition) is 3. The number of carbonyl (C=O) groups is 1. The average Bonchev–Trinajstić information content (AvgIpc) is 3.33. The van der Waals surface area contributed by atoms with Crippen LogP contribution in [0.5, 0.6) is 0 Å². The predicted molar refractivity (Wildman–Crippen MR) is 101 cm³/mol. The Morgan fingerprint density at radius 1 is 1.19 bits per heavy atom. The highest BCUT2D eigenvalue weighted by Gasteiger charge is 2.54. The highest BCUT2D eigenvalue weighted by molar-refractivity contribution is 7.88. The van der Waals surface area contributed by atoms with E-state index in [1.807, 2.05) is 13.8 Å². The molecular weight excluding hydrogens is 352 g/mol. The molecule has 7 unspecified atom stereocenters. The Morgan fingerprint density at radius 3 is 2.38 bits per heavy atom. The number of aliphatic hydroxyl groups is 1. The van der Waals surface area contributed by atoms with Crippen molar-refractivity contribution in [3.8, 4) is 0 Å². The van der Waals surface area contributed by atoms with Crippen LogP contribution < -0.4 is 10.0 Å². The first-order chi connectivity index (χ1) is 12.0. The van der Waals surface area contributed by atoms with E-state index in [0.29, 0.717) is 6.04 Å². The van der Waals surface area contributed by atoms with Crippen LogP contribution in [0, 0.1) is 29.1 Å². The molecule has 3 aliphatic rings. The van der Waals surface area contributed by atoms with Crippen molar-refractivity contribution in [1.82, 2.24) is 10.0 Å². The van der Waals surface area contributed by atoms with Gasteiger partial charge in [-0.1, -0.05) is 20.8 Å². The van der Waals surface area contributed by atoms with Crippen LogP contribution in [0.3, 0.4) is 0 Å². The van der Waals surface area contributed by atoms with Crippen LogP contribution in [0.25, 0.3) is 0 Å². The second kappa shape index (κ2) is 7.06. The van der Waals surface area contributed by atoms with Crippen LogP contribution in [-0.2, 0) is 14.8 Å². The van der Waals surface area contributed by atoms with Crippen molar-refractivity contribution in [2.45, 2.75) is 77.5 Å². The summed E-state index contributed by atoms with van der Waals surface area (Å²) in [7, 11) is -3.28. The third kappa shape index (κ3) is 4.09. The van der Waals surface area contributed by atoms with Gasteiger partial charge in [0.05, 0.1) is 12.4 Å². The number of amides is 1. The Hall–Kier alpha value is -0.660. The summed E-state index contributed by atoms with van der Waals surface area (Å²) in [5.41, 5.74) is 0.0116. The maximum absolute atomic E-state index is 12.5. The topological polar surface area (TPSA) is 95.5 Å². The molecule has 3 fully saturated rings. The van der Waals surface area contributed by atoms with Gasteiger partial charge in [-0.25, -0.2) is 13.1 Å². The van der Waals surface area contributed by atoms with Crippen molar-refractivity contribution >= 4 is 15.9 Å². The standard InChI is InChI=1S/C19H34N2O4S/c1-11(18(23)20-13-5-6-13)14-7-9-19(3)10-8-15(21-26(4,24)25)12(2)16(19)17(14)22/h11-17,21-22H,5-10H2,1-4H3,(H,20,23). The monoisotopic (exact) mass is 386 g/mol. The van der Waals surface area contributed by atoms with Gasteiger partial charge in [0, 0.05) is 18.0 Å². The summed E-state index contributed by atoms with van der Waals surface area (Å²) < 4.78 is 26.2. The number of hydrogen-bond acceptors (Lipinski definition) is 4. The molecule has 3 aliphatic carbocycles. The Kier molecular flexibility index (Phi) is 5.45. The zero-order valence-corrected chi connectivity index (χ0v) is 17.2. The van der Waals surface area contributed by atoms with Gasteiger partial charge in [0.25, 0.3) is 0 Å². The summed E-state index contributed by atoms with van der Waals surface area (Å²) in [6.45, 7) is 6.19. The lowest BCUT2D eigenvalue weighted by Gasteiger charge is -2.56. The minimum Gasteiger partial charge on any atom is -0.392 e. The lowest BCUT2D eigenvalue weighted by molar-refractivity contribution is -0.141. The zero-order chi connectivity index (χ0) is 19.3. The van der Waals surface area contributed by atoms with Crippen molar-refractivity contribution in [3.63, 3.8) is 0 Å². The van der Waals surface area contributed by atoms with E-state index in [9.17, 15) is 18.3 Å². The average molecular weight is 387 g/mol. The zero-order valence-electron chi connectivity index (χ0n) is 16.4. The number of nitrogens with one attached hydrogen (secondary N) is 2. The van der Waals surface area contributed by atoms with Gasteiger partial charge in [-0.05, 0) is 61.7 Å². The van der Waals surface area contributed by atoms with Gasteiger partial charge in [0.2, 0.25) is 15.9 Å². The molecule has 150 valence electrons. The molecule has 0 aromatic rings. The fraction of sp³-hybridized carbons (Fsp3) is 0.947. The molecule has 1 amide bonds. The Morgan fingerprint density at radius 2 is 1.81 bits per heavy atom. The summed E-state index contributed by atoms with van der Waals surface area (Å²) in [6, 6.07) is 0.181. The van der Waals surface area contributed by atoms with Gasteiger partial charge in [0.1, 0.15) is 0 Å². The first kappa shape index (κ1) is 20.1. The maximum Gasteiger partial charge on any atom is 0.223 e. The first-order valence-corrected chi connectivity index (χ1v) is 11.9. The molecule has 7 atom stereocenters. The van der Waals surface area contributed by atoms with E-state index in [4.69, 9.17) is 0 Å². The fourth-order valence-corrected chi connectivity index (χ4v) is 6.37. The third-order valence-corrected chi connectivity index (χ3v) is 7.96. The van der Waals surface area contributed by atoms with E-state index >= 15 is 0 Å². The van der Waals surface area contributed by atoms with E-state index in [0.717, 1.165) is 38.5 Å². The Balaban J connectivity index is 1.75. The van der Waals surface area contributed by atoms with Crippen LogP contribution >= 0.6 is 0 Å². The minimum absolute atomic E-state index is 0.00502. The lowest BCUT2D eigenvalue weighted by atomic mass is 9.52. The molecule has 26 heavy (non-hydrogen) atoms. The summed E-state index contributed by atoms with van der Waals surface area (Å²) in [5.74, 6) is -0.184.